The van der Waals surface area contributed by atoms with E-state index in [0.29, 0.717) is 36.6 Å². The van der Waals surface area contributed by atoms with E-state index in [1.165, 1.54) is 18.3 Å². The predicted molar refractivity (Wildman–Crippen MR) is 141 cm³/mol. The SMILES string of the molecule is CCN(CC)S(=O)(=O)c1cc(-c2ccc3c(c2)N(C(=O)C2CCC2)C[C@H](C)N3C(C)=O)ccc1OC. The van der Waals surface area contributed by atoms with Crippen molar-refractivity contribution < 1.29 is 22.7 Å². The molecule has 36 heavy (non-hydrogen) atoms. The van der Waals surface area contributed by atoms with Crippen LogP contribution in [0.5, 0.6) is 5.75 Å². The molecular formula is C27H35N3O5S. The number of carbonyl (C=O) groups is 2. The predicted octanol–water partition coefficient (Wildman–Crippen LogP) is 4.28. The van der Waals surface area contributed by atoms with Crippen molar-refractivity contribution in [1.29, 1.82) is 0 Å². The first-order valence-corrected chi connectivity index (χ1v) is 14.0. The van der Waals surface area contributed by atoms with Crippen LogP contribution in [0.3, 0.4) is 0 Å². The van der Waals surface area contributed by atoms with Gasteiger partial charge in [-0.2, -0.15) is 4.31 Å². The van der Waals surface area contributed by atoms with Gasteiger partial charge < -0.3 is 14.5 Å². The Kier molecular flexibility index (Phi) is 7.43. The molecule has 0 radical (unpaired) electrons. The molecule has 0 N–H and O–H groups in total. The van der Waals surface area contributed by atoms with Crippen LogP contribution in [0.4, 0.5) is 11.4 Å². The average molecular weight is 514 g/mol. The molecule has 8 nitrogen and oxygen atoms in total. The molecule has 1 saturated carbocycles. The van der Waals surface area contributed by atoms with E-state index in [9.17, 15) is 18.0 Å². The van der Waals surface area contributed by atoms with Gasteiger partial charge in [0.15, 0.2) is 0 Å². The van der Waals surface area contributed by atoms with Crippen molar-refractivity contribution in [2.75, 3.05) is 36.5 Å². The number of ether oxygens (including phenoxy) is 1. The lowest BCUT2D eigenvalue weighted by Crippen LogP contribution is -2.53. The van der Waals surface area contributed by atoms with Crippen molar-refractivity contribution in [3.63, 3.8) is 0 Å². The Hall–Kier alpha value is -2.91. The van der Waals surface area contributed by atoms with Gasteiger partial charge >= 0.3 is 0 Å². The fraction of sp³-hybridized carbons (Fsp3) is 0.481. The molecule has 2 aromatic rings. The third kappa shape index (κ3) is 4.50. The summed E-state index contributed by atoms with van der Waals surface area (Å²) >= 11 is 0. The number of benzene rings is 2. The Morgan fingerprint density at radius 2 is 1.67 bits per heavy atom. The van der Waals surface area contributed by atoms with Gasteiger partial charge in [0.1, 0.15) is 10.6 Å². The van der Waals surface area contributed by atoms with Crippen LogP contribution in [0, 0.1) is 5.92 Å². The number of carbonyl (C=O) groups excluding carboxylic acids is 2. The largest absolute Gasteiger partial charge is 0.495 e. The number of hydrogen-bond acceptors (Lipinski definition) is 5. The highest BCUT2D eigenvalue weighted by atomic mass is 32.2. The fourth-order valence-corrected chi connectivity index (χ4v) is 6.77. The van der Waals surface area contributed by atoms with Crippen molar-refractivity contribution in [3.05, 3.63) is 36.4 Å². The molecule has 2 aromatic carbocycles. The quantitative estimate of drug-likeness (QED) is 0.552. The van der Waals surface area contributed by atoms with Crippen molar-refractivity contribution >= 4 is 33.2 Å². The molecule has 0 saturated heterocycles. The van der Waals surface area contributed by atoms with Crippen LogP contribution in [0.15, 0.2) is 41.3 Å². The van der Waals surface area contributed by atoms with Crippen LogP contribution in [0.25, 0.3) is 11.1 Å². The number of amides is 2. The van der Waals surface area contributed by atoms with E-state index in [1.807, 2.05) is 36.1 Å². The third-order valence-electron chi connectivity index (χ3n) is 7.29. The van der Waals surface area contributed by atoms with Gasteiger partial charge in [0.25, 0.3) is 0 Å². The second-order valence-electron chi connectivity index (χ2n) is 9.47. The first kappa shape index (κ1) is 26.2. The molecule has 1 atom stereocenters. The summed E-state index contributed by atoms with van der Waals surface area (Å²) in [5.41, 5.74) is 2.83. The van der Waals surface area contributed by atoms with Gasteiger partial charge in [-0.15, -0.1) is 0 Å². The summed E-state index contributed by atoms with van der Waals surface area (Å²) in [6, 6.07) is 10.6. The van der Waals surface area contributed by atoms with Crippen LogP contribution < -0.4 is 14.5 Å². The van der Waals surface area contributed by atoms with Gasteiger partial charge in [0.05, 0.1) is 24.5 Å². The van der Waals surface area contributed by atoms with Gasteiger partial charge in [-0.05, 0) is 55.2 Å². The van der Waals surface area contributed by atoms with Gasteiger partial charge in [0, 0.05) is 32.5 Å². The first-order valence-electron chi connectivity index (χ1n) is 12.6. The van der Waals surface area contributed by atoms with E-state index in [-0.39, 0.29) is 34.4 Å². The molecule has 9 heteroatoms. The maximum Gasteiger partial charge on any atom is 0.246 e. The molecule has 2 aliphatic rings. The Balaban J connectivity index is 1.83. The van der Waals surface area contributed by atoms with E-state index in [2.05, 4.69) is 0 Å². The van der Waals surface area contributed by atoms with E-state index < -0.39 is 10.0 Å². The highest BCUT2D eigenvalue weighted by Gasteiger charge is 2.38. The Morgan fingerprint density at radius 3 is 2.22 bits per heavy atom. The lowest BCUT2D eigenvalue weighted by atomic mass is 9.84. The minimum Gasteiger partial charge on any atom is -0.495 e. The summed E-state index contributed by atoms with van der Waals surface area (Å²) in [5, 5.41) is 0. The Labute approximate surface area is 213 Å². The molecule has 0 aromatic heterocycles. The summed E-state index contributed by atoms with van der Waals surface area (Å²) in [6.45, 7) is 8.21. The smallest absolute Gasteiger partial charge is 0.246 e. The molecule has 1 aliphatic carbocycles. The summed E-state index contributed by atoms with van der Waals surface area (Å²) < 4.78 is 33.5. The summed E-state index contributed by atoms with van der Waals surface area (Å²) in [6.07, 6.45) is 2.84. The molecule has 194 valence electrons. The summed E-state index contributed by atoms with van der Waals surface area (Å²) in [4.78, 5) is 29.5. The summed E-state index contributed by atoms with van der Waals surface area (Å²) in [5.74, 6) is 0.310. The molecule has 2 amide bonds. The van der Waals surface area contributed by atoms with Crippen LogP contribution in [0.1, 0.15) is 47.0 Å². The zero-order valence-corrected chi connectivity index (χ0v) is 22.5. The molecule has 1 aliphatic heterocycles. The second-order valence-corrected chi connectivity index (χ2v) is 11.4. The highest BCUT2D eigenvalue weighted by Crippen LogP contribution is 2.42. The minimum atomic E-state index is -3.76. The van der Waals surface area contributed by atoms with Crippen LogP contribution in [-0.4, -0.2) is 57.3 Å². The highest BCUT2D eigenvalue weighted by molar-refractivity contribution is 7.89. The standard InChI is InChI=1S/C27H35N3O5S/c1-6-28(7-2)36(33,34)26-16-22(12-14-25(26)35-5)21-11-13-23-24(15-21)29(27(32)20-9-8-10-20)17-18(3)30(23)19(4)31/h11-16,18,20H,6-10,17H2,1-5H3/t18-/m0/s1. The van der Waals surface area contributed by atoms with E-state index in [0.717, 1.165) is 24.8 Å². The molecule has 0 spiro atoms. The molecular weight excluding hydrogens is 478 g/mol. The number of hydrogen-bond donors (Lipinski definition) is 0. The van der Waals surface area contributed by atoms with Crippen molar-refractivity contribution in [3.8, 4) is 16.9 Å². The topological polar surface area (TPSA) is 87.2 Å². The van der Waals surface area contributed by atoms with Crippen LogP contribution in [-0.2, 0) is 19.6 Å². The zero-order valence-electron chi connectivity index (χ0n) is 21.7. The number of sulfonamides is 1. The normalized spacial score (nSPS) is 18.1. The second kappa shape index (κ2) is 10.2. The maximum absolute atomic E-state index is 13.3. The number of methoxy groups -OCH3 is 1. The first-order chi connectivity index (χ1) is 17.1. The zero-order chi connectivity index (χ0) is 26.2. The van der Waals surface area contributed by atoms with Crippen LogP contribution in [0.2, 0.25) is 0 Å². The number of anilines is 2. The van der Waals surface area contributed by atoms with Crippen molar-refractivity contribution in [2.45, 2.75) is 57.9 Å². The average Bonchev–Trinajstić information content (AvgIpc) is 2.82. The summed E-state index contributed by atoms with van der Waals surface area (Å²) in [7, 11) is -2.30. The Morgan fingerprint density at radius 1 is 1.03 bits per heavy atom. The monoisotopic (exact) mass is 513 g/mol. The van der Waals surface area contributed by atoms with Crippen LogP contribution >= 0.6 is 0 Å². The van der Waals surface area contributed by atoms with Crippen molar-refractivity contribution in [2.24, 2.45) is 5.92 Å². The molecule has 1 heterocycles. The molecule has 0 bridgehead atoms. The maximum atomic E-state index is 13.3. The number of nitrogens with zero attached hydrogens (tertiary/aromatic N) is 3. The number of fused-ring (bicyclic) bond motifs is 1. The number of rotatable bonds is 7. The van der Waals surface area contributed by atoms with E-state index >= 15 is 0 Å². The Bertz CT molecular complexity index is 1270. The van der Waals surface area contributed by atoms with Gasteiger partial charge in [0.2, 0.25) is 21.8 Å². The van der Waals surface area contributed by atoms with Gasteiger partial charge in [-0.1, -0.05) is 32.4 Å². The van der Waals surface area contributed by atoms with E-state index in [1.54, 1.807) is 30.9 Å². The van der Waals surface area contributed by atoms with Crippen molar-refractivity contribution in [1.82, 2.24) is 4.31 Å². The third-order valence-corrected chi connectivity index (χ3v) is 9.36. The molecule has 1 fully saturated rings. The van der Waals surface area contributed by atoms with E-state index in [4.69, 9.17) is 4.74 Å². The molecule has 0 unspecified atom stereocenters. The van der Waals surface area contributed by atoms with Gasteiger partial charge in [-0.3, -0.25) is 9.59 Å². The molecule has 4 rings (SSSR count). The fourth-order valence-electron chi connectivity index (χ4n) is 5.13. The van der Waals surface area contributed by atoms with Gasteiger partial charge in [-0.25, -0.2) is 8.42 Å². The lowest BCUT2D eigenvalue weighted by molar-refractivity contribution is -0.125. The lowest BCUT2D eigenvalue weighted by Gasteiger charge is -2.43. The minimum absolute atomic E-state index is 0.0180.